The molecule has 1 fully saturated rings. The summed E-state index contributed by atoms with van der Waals surface area (Å²) in [5, 5.41) is 1.41. The molecule has 1 saturated heterocycles. The van der Waals surface area contributed by atoms with Crippen molar-refractivity contribution in [1.82, 2.24) is 9.88 Å². The van der Waals surface area contributed by atoms with Gasteiger partial charge < -0.3 is 9.88 Å². The van der Waals surface area contributed by atoms with Crippen molar-refractivity contribution in [3.63, 3.8) is 0 Å². The Morgan fingerprint density at radius 2 is 2.28 bits per heavy atom. The Hall–Kier alpha value is -1.68. The number of rotatable bonds is 6. The number of ketones is 1. The van der Waals surface area contributed by atoms with Gasteiger partial charge in [0.15, 0.2) is 0 Å². The Labute approximate surface area is 153 Å². The number of likely N-dealkylation sites (tertiary alicyclic amines) is 1. The highest BCUT2D eigenvalue weighted by atomic mass is 32.2. The van der Waals surface area contributed by atoms with Crippen molar-refractivity contribution in [2.45, 2.75) is 32.6 Å². The Kier molecular flexibility index (Phi) is 4.63. The van der Waals surface area contributed by atoms with Crippen molar-refractivity contribution in [2.24, 2.45) is 5.92 Å². The van der Waals surface area contributed by atoms with E-state index in [1.807, 2.05) is 0 Å². The van der Waals surface area contributed by atoms with Crippen LogP contribution in [0.1, 0.15) is 43.7 Å². The van der Waals surface area contributed by atoms with Gasteiger partial charge in [-0.15, -0.1) is 0 Å². The van der Waals surface area contributed by atoms with Gasteiger partial charge in [0.2, 0.25) is 0 Å². The van der Waals surface area contributed by atoms with Crippen LogP contribution in [0.5, 0.6) is 0 Å². The van der Waals surface area contributed by atoms with Crippen LogP contribution in [-0.4, -0.2) is 40.3 Å². The quantitative estimate of drug-likeness (QED) is 0.819. The molecule has 0 spiro atoms. The fraction of sp³-hybridized carbons (Fsp3) is 0.476. The van der Waals surface area contributed by atoms with Crippen molar-refractivity contribution in [3.8, 4) is 0 Å². The SMILES string of the molecule is CCCN1C[C@H](CSCC(C)=O)CC2C1=Cc1c[nH]c3cccc2c13. The lowest BCUT2D eigenvalue weighted by Gasteiger charge is -2.43. The van der Waals surface area contributed by atoms with Gasteiger partial charge >= 0.3 is 0 Å². The predicted molar refractivity (Wildman–Crippen MR) is 107 cm³/mol. The summed E-state index contributed by atoms with van der Waals surface area (Å²) in [7, 11) is 0. The molecule has 2 aliphatic rings. The van der Waals surface area contributed by atoms with E-state index in [0.717, 1.165) is 18.8 Å². The van der Waals surface area contributed by atoms with E-state index < -0.39 is 0 Å². The van der Waals surface area contributed by atoms with Gasteiger partial charge in [-0.25, -0.2) is 0 Å². The Bertz CT molecular complexity index is 822. The molecule has 1 unspecified atom stereocenters. The number of H-pyrrole nitrogens is 1. The molecule has 0 amide bonds. The van der Waals surface area contributed by atoms with Crippen LogP contribution in [0.3, 0.4) is 0 Å². The van der Waals surface area contributed by atoms with Crippen LogP contribution >= 0.6 is 11.8 Å². The van der Waals surface area contributed by atoms with Crippen molar-refractivity contribution in [3.05, 3.63) is 41.2 Å². The molecule has 0 saturated carbocycles. The maximum Gasteiger partial charge on any atom is 0.139 e. The molecule has 2 aromatic rings. The minimum absolute atomic E-state index is 0.284. The lowest BCUT2D eigenvalue weighted by molar-refractivity contribution is -0.114. The van der Waals surface area contributed by atoms with Crippen LogP contribution in [0.15, 0.2) is 30.1 Å². The summed E-state index contributed by atoms with van der Waals surface area (Å²) < 4.78 is 0. The smallest absolute Gasteiger partial charge is 0.139 e. The minimum Gasteiger partial charge on any atom is -0.374 e. The molecule has 0 radical (unpaired) electrons. The molecule has 1 aliphatic carbocycles. The molecule has 1 aliphatic heterocycles. The lowest BCUT2D eigenvalue weighted by Crippen LogP contribution is -2.39. The largest absolute Gasteiger partial charge is 0.374 e. The highest BCUT2D eigenvalue weighted by Gasteiger charge is 2.35. The fourth-order valence-electron chi connectivity index (χ4n) is 4.43. The van der Waals surface area contributed by atoms with Crippen LogP contribution in [0.4, 0.5) is 0 Å². The molecule has 1 N–H and O–H groups in total. The highest BCUT2D eigenvalue weighted by molar-refractivity contribution is 7.99. The summed E-state index contributed by atoms with van der Waals surface area (Å²) in [6, 6.07) is 6.67. The minimum atomic E-state index is 0.284. The monoisotopic (exact) mass is 354 g/mol. The number of nitrogens with zero attached hydrogens (tertiary/aromatic N) is 1. The molecule has 1 aromatic carbocycles. The van der Waals surface area contributed by atoms with Crippen LogP contribution in [0.2, 0.25) is 0 Å². The number of benzene rings is 1. The molecule has 0 bridgehead atoms. The number of carbonyl (C=O) groups excluding carboxylic acids is 1. The highest BCUT2D eigenvalue weighted by Crippen LogP contribution is 2.46. The van der Waals surface area contributed by atoms with E-state index in [0.29, 0.717) is 17.6 Å². The van der Waals surface area contributed by atoms with E-state index >= 15 is 0 Å². The first-order valence-corrected chi connectivity index (χ1v) is 10.5. The van der Waals surface area contributed by atoms with Gasteiger partial charge in [0.25, 0.3) is 0 Å². The summed E-state index contributed by atoms with van der Waals surface area (Å²) in [4.78, 5) is 17.3. The van der Waals surface area contributed by atoms with E-state index in [2.05, 4.69) is 47.3 Å². The van der Waals surface area contributed by atoms with Crippen molar-refractivity contribution in [2.75, 3.05) is 24.6 Å². The number of allylic oxidation sites excluding steroid dienone is 1. The third-order valence-corrected chi connectivity index (χ3v) is 6.69. The fourth-order valence-corrected chi connectivity index (χ4v) is 5.41. The molecule has 4 heteroatoms. The number of nitrogens with one attached hydrogen (secondary N) is 1. The molecule has 3 nitrogen and oxygen atoms in total. The first-order chi connectivity index (χ1) is 12.2. The molecule has 2 heterocycles. The molecule has 1 aromatic heterocycles. The van der Waals surface area contributed by atoms with Gasteiger partial charge in [-0.3, -0.25) is 4.79 Å². The topological polar surface area (TPSA) is 36.1 Å². The third kappa shape index (κ3) is 3.12. The predicted octanol–water partition coefficient (Wildman–Crippen LogP) is 4.66. The summed E-state index contributed by atoms with van der Waals surface area (Å²) >= 11 is 1.81. The second kappa shape index (κ2) is 6.91. The summed E-state index contributed by atoms with van der Waals surface area (Å²) in [5.41, 5.74) is 5.56. The van der Waals surface area contributed by atoms with Crippen molar-refractivity contribution in [1.29, 1.82) is 0 Å². The number of piperidine rings is 1. The van der Waals surface area contributed by atoms with Crippen LogP contribution < -0.4 is 0 Å². The first-order valence-electron chi connectivity index (χ1n) is 9.31. The van der Waals surface area contributed by atoms with Gasteiger partial charge in [-0.2, -0.15) is 11.8 Å². The Morgan fingerprint density at radius 1 is 1.40 bits per heavy atom. The number of hydrogen-bond donors (Lipinski definition) is 1. The lowest BCUT2D eigenvalue weighted by atomic mass is 9.77. The molecular formula is C21H26N2OS. The van der Waals surface area contributed by atoms with Gasteiger partial charge in [0, 0.05) is 47.4 Å². The number of Topliss-reactive ketones (excluding diaryl/α,β-unsaturated/α-hetero) is 1. The number of carbonyl (C=O) groups is 1. The third-order valence-electron chi connectivity index (χ3n) is 5.37. The average molecular weight is 355 g/mol. The zero-order chi connectivity index (χ0) is 17.4. The molecule has 132 valence electrons. The van der Waals surface area contributed by atoms with Gasteiger partial charge in [-0.05, 0) is 49.1 Å². The van der Waals surface area contributed by atoms with Crippen LogP contribution in [0.25, 0.3) is 17.0 Å². The summed E-state index contributed by atoms with van der Waals surface area (Å²) in [5.74, 6) is 3.16. The van der Waals surface area contributed by atoms with E-state index in [1.165, 1.54) is 40.6 Å². The second-order valence-electron chi connectivity index (χ2n) is 7.40. The second-order valence-corrected chi connectivity index (χ2v) is 8.43. The van der Waals surface area contributed by atoms with E-state index in [-0.39, 0.29) is 5.78 Å². The van der Waals surface area contributed by atoms with Gasteiger partial charge in [0.05, 0.1) is 5.75 Å². The summed E-state index contributed by atoms with van der Waals surface area (Å²) in [6.07, 6.45) is 6.92. The van der Waals surface area contributed by atoms with E-state index in [9.17, 15) is 4.79 Å². The molecule has 25 heavy (non-hydrogen) atoms. The average Bonchev–Trinajstić information content (AvgIpc) is 3.00. The van der Waals surface area contributed by atoms with Crippen molar-refractivity contribution >= 4 is 34.5 Å². The van der Waals surface area contributed by atoms with Gasteiger partial charge in [0.1, 0.15) is 5.78 Å². The normalized spacial score (nSPS) is 22.0. The zero-order valence-corrected chi connectivity index (χ0v) is 15.9. The Balaban J connectivity index is 1.65. The molecule has 4 rings (SSSR count). The zero-order valence-electron chi connectivity index (χ0n) is 15.0. The van der Waals surface area contributed by atoms with E-state index in [1.54, 1.807) is 18.7 Å². The number of fused-ring (bicyclic) bond motifs is 2. The van der Waals surface area contributed by atoms with Crippen LogP contribution in [-0.2, 0) is 4.79 Å². The van der Waals surface area contributed by atoms with Crippen LogP contribution in [0, 0.1) is 5.92 Å². The number of thioether (sulfide) groups is 1. The maximum absolute atomic E-state index is 11.3. The van der Waals surface area contributed by atoms with Gasteiger partial charge in [-0.1, -0.05) is 19.1 Å². The molecular weight excluding hydrogens is 328 g/mol. The maximum atomic E-state index is 11.3. The number of hydrogen-bond acceptors (Lipinski definition) is 3. The first kappa shape index (κ1) is 16.8. The van der Waals surface area contributed by atoms with E-state index in [4.69, 9.17) is 0 Å². The standard InChI is InChI=1S/C21H26N2OS/c1-3-7-23-11-15(13-25-12-14(2)24)8-18-17-5-4-6-19-21(17)16(10-22-19)9-20(18)23/h4-6,9-10,15,18,22H,3,7-8,11-13H2,1-2H3/t15-,18?/m1/s1. The Morgan fingerprint density at radius 3 is 3.08 bits per heavy atom. The number of aromatic nitrogens is 1. The number of aromatic amines is 1. The van der Waals surface area contributed by atoms with Crippen molar-refractivity contribution < 1.29 is 4.79 Å². The molecule has 2 atom stereocenters. The summed E-state index contributed by atoms with van der Waals surface area (Å²) in [6.45, 7) is 6.19.